The van der Waals surface area contributed by atoms with Gasteiger partial charge in [-0.1, -0.05) is 0 Å². The molecule has 0 spiro atoms. The minimum Gasteiger partial charge on any atom is -0.444 e. The Kier molecular flexibility index (Phi) is 6.09. The second-order valence-corrected chi connectivity index (χ2v) is 7.75. The highest BCUT2D eigenvalue weighted by Crippen LogP contribution is 2.21. The Morgan fingerprint density at radius 1 is 1.09 bits per heavy atom. The van der Waals surface area contributed by atoms with Gasteiger partial charge in [0, 0.05) is 18.6 Å². The van der Waals surface area contributed by atoms with E-state index in [1.165, 1.54) is 12.8 Å². The lowest BCUT2D eigenvalue weighted by atomic mass is 9.91. The van der Waals surface area contributed by atoms with Gasteiger partial charge >= 0.3 is 6.09 Å². The lowest BCUT2D eigenvalue weighted by Crippen LogP contribution is -2.45. The smallest absolute Gasteiger partial charge is 0.407 e. The van der Waals surface area contributed by atoms with Crippen LogP contribution in [0.1, 0.15) is 66.2 Å². The van der Waals surface area contributed by atoms with Crippen molar-refractivity contribution in [2.75, 3.05) is 6.54 Å². The van der Waals surface area contributed by atoms with Gasteiger partial charge in [0.05, 0.1) is 12.2 Å². The van der Waals surface area contributed by atoms with Crippen LogP contribution in [-0.4, -0.2) is 42.5 Å². The van der Waals surface area contributed by atoms with E-state index in [9.17, 15) is 4.79 Å². The highest BCUT2D eigenvalue weighted by atomic mass is 16.6. The molecule has 2 aliphatic rings. The Morgan fingerprint density at radius 2 is 1.73 bits per heavy atom. The van der Waals surface area contributed by atoms with Gasteiger partial charge in [-0.2, -0.15) is 0 Å². The predicted molar refractivity (Wildman–Crippen MR) is 87.0 cm³/mol. The molecule has 128 valence electrons. The number of amides is 1. The second kappa shape index (κ2) is 7.64. The minimum atomic E-state index is -0.429. The third-order valence-corrected chi connectivity index (χ3v) is 4.40. The van der Waals surface area contributed by atoms with E-state index >= 15 is 0 Å². The number of rotatable bonds is 4. The molecule has 2 rings (SSSR count). The fraction of sp³-hybridized carbons (Fsp3) is 0.941. The maximum absolute atomic E-state index is 11.8. The summed E-state index contributed by atoms with van der Waals surface area (Å²) in [7, 11) is 0. The van der Waals surface area contributed by atoms with Crippen LogP contribution in [0.2, 0.25) is 0 Å². The first kappa shape index (κ1) is 17.5. The van der Waals surface area contributed by atoms with E-state index in [1.54, 1.807) is 0 Å². The molecule has 1 saturated heterocycles. The molecule has 1 aliphatic heterocycles. The van der Waals surface area contributed by atoms with Crippen LogP contribution < -0.4 is 10.6 Å². The SMILES string of the molecule is CC1CCC(CNC2CCC(NC(=O)OC(C)(C)C)CC2)O1. The summed E-state index contributed by atoms with van der Waals surface area (Å²) >= 11 is 0. The fourth-order valence-corrected chi connectivity index (χ4v) is 3.25. The Morgan fingerprint density at radius 3 is 2.27 bits per heavy atom. The van der Waals surface area contributed by atoms with Gasteiger partial charge in [0.1, 0.15) is 5.60 Å². The van der Waals surface area contributed by atoms with Gasteiger partial charge < -0.3 is 20.1 Å². The van der Waals surface area contributed by atoms with Crippen molar-refractivity contribution in [2.24, 2.45) is 0 Å². The first-order chi connectivity index (χ1) is 10.3. The lowest BCUT2D eigenvalue weighted by molar-refractivity contribution is 0.0479. The Bertz CT molecular complexity index is 359. The van der Waals surface area contributed by atoms with Gasteiger partial charge in [0.2, 0.25) is 0 Å². The zero-order valence-corrected chi connectivity index (χ0v) is 14.5. The molecule has 0 aromatic carbocycles. The zero-order valence-electron chi connectivity index (χ0n) is 14.5. The van der Waals surface area contributed by atoms with Crippen molar-refractivity contribution in [3.63, 3.8) is 0 Å². The molecule has 5 heteroatoms. The summed E-state index contributed by atoms with van der Waals surface area (Å²) in [6, 6.07) is 0.798. The Balaban J connectivity index is 1.60. The maximum Gasteiger partial charge on any atom is 0.407 e. The fourth-order valence-electron chi connectivity index (χ4n) is 3.25. The summed E-state index contributed by atoms with van der Waals surface area (Å²) in [5.41, 5.74) is -0.429. The van der Waals surface area contributed by atoms with Gasteiger partial charge in [0.15, 0.2) is 0 Å². The van der Waals surface area contributed by atoms with Crippen molar-refractivity contribution in [1.29, 1.82) is 0 Å². The second-order valence-electron chi connectivity index (χ2n) is 7.75. The van der Waals surface area contributed by atoms with Crippen LogP contribution in [0.4, 0.5) is 4.79 Å². The summed E-state index contributed by atoms with van der Waals surface area (Å²) in [6.45, 7) is 8.77. The number of alkyl carbamates (subject to hydrolysis) is 1. The van der Waals surface area contributed by atoms with Gasteiger partial charge in [-0.15, -0.1) is 0 Å². The first-order valence-electron chi connectivity index (χ1n) is 8.70. The van der Waals surface area contributed by atoms with Crippen LogP contribution in [0.3, 0.4) is 0 Å². The van der Waals surface area contributed by atoms with Crippen LogP contribution in [-0.2, 0) is 9.47 Å². The molecule has 1 amide bonds. The average Bonchev–Trinajstić information content (AvgIpc) is 2.81. The van der Waals surface area contributed by atoms with E-state index < -0.39 is 5.60 Å². The van der Waals surface area contributed by atoms with E-state index in [0.717, 1.165) is 32.2 Å². The summed E-state index contributed by atoms with van der Waals surface area (Å²) in [5.74, 6) is 0. The van der Waals surface area contributed by atoms with E-state index in [0.29, 0.717) is 18.2 Å². The first-order valence-corrected chi connectivity index (χ1v) is 8.70. The molecule has 2 atom stereocenters. The molecule has 0 bridgehead atoms. The molecule has 0 aromatic heterocycles. The van der Waals surface area contributed by atoms with E-state index in [1.807, 2.05) is 20.8 Å². The third kappa shape index (κ3) is 6.13. The standard InChI is InChI=1S/C17H32N2O3/c1-12-5-10-15(21-12)11-18-13-6-8-14(9-7-13)19-16(20)22-17(2,3)4/h12-15,18H,5-11H2,1-4H3,(H,19,20). The highest BCUT2D eigenvalue weighted by molar-refractivity contribution is 5.68. The molecule has 22 heavy (non-hydrogen) atoms. The molecule has 1 aliphatic carbocycles. The minimum absolute atomic E-state index is 0.246. The van der Waals surface area contributed by atoms with Crippen molar-refractivity contribution in [3.8, 4) is 0 Å². The van der Waals surface area contributed by atoms with Crippen LogP contribution in [0, 0.1) is 0 Å². The zero-order chi connectivity index (χ0) is 16.2. The number of carbonyl (C=O) groups is 1. The number of hydrogen-bond donors (Lipinski definition) is 2. The molecule has 0 radical (unpaired) electrons. The number of hydrogen-bond acceptors (Lipinski definition) is 4. The molecule has 2 N–H and O–H groups in total. The van der Waals surface area contributed by atoms with Crippen LogP contribution >= 0.6 is 0 Å². The van der Waals surface area contributed by atoms with Gasteiger partial charge in [-0.3, -0.25) is 0 Å². The van der Waals surface area contributed by atoms with Crippen molar-refractivity contribution in [1.82, 2.24) is 10.6 Å². The van der Waals surface area contributed by atoms with Gasteiger partial charge in [0.25, 0.3) is 0 Å². The molecule has 1 saturated carbocycles. The van der Waals surface area contributed by atoms with Crippen LogP contribution in [0.25, 0.3) is 0 Å². The molecule has 5 nitrogen and oxygen atoms in total. The average molecular weight is 312 g/mol. The molecular weight excluding hydrogens is 280 g/mol. The normalized spacial score (nSPS) is 32.7. The monoisotopic (exact) mass is 312 g/mol. The molecular formula is C17H32N2O3. The van der Waals surface area contributed by atoms with Crippen molar-refractivity contribution in [2.45, 2.75) is 96.1 Å². The Labute approximate surface area is 134 Å². The van der Waals surface area contributed by atoms with Gasteiger partial charge in [-0.05, 0) is 66.2 Å². The quantitative estimate of drug-likeness (QED) is 0.838. The van der Waals surface area contributed by atoms with E-state index in [4.69, 9.17) is 9.47 Å². The third-order valence-electron chi connectivity index (χ3n) is 4.40. The summed E-state index contributed by atoms with van der Waals surface area (Å²) in [5, 5.41) is 6.61. The maximum atomic E-state index is 11.8. The van der Waals surface area contributed by atoms with Crippen molar-refractivity contribution in [3.05, 3.63) is 0 Å². The van der Waals surface area contributed by atoms with Crippen molar-refractivity contribution < 1.29 is 14.3 Å². The summed E-state index contributed by atoms with van der Waals surface area (Å²) in [4.78, 5) is 11.8. The number of nitrogens with one attached hydrogen (secondary N) is 2. The van der Waals surface area contributed by atoms with E-state index in [-0.39, 0.29) is 12.1 Å². The van der Waals surface area contributed by atoms with Crippen LogP contribution in [0.15, 0.2) is 0 Å². The van der Waals surface area contributed by atoms with Crippen molar-refractivity contribution >= 4 is 6.09 Å². The van der Waals surface area contributed by atoms with E-state index in [2.05, 4.69) is 17.6 Å². The highest BCUT2D eigenvalue weighted by Gasteiger charge is 2.26. The molecule has 2 fully saturated rings. The van der Waals surface area contributed by atoms with Gasteiger partial charge in [-0.25, -0.2) is 4.79 Å². The topological polar surface area (TPSA) is 59.6 Å². The molecule has 1 heterocycles. The predicted octanol–water partition coefficient (Wildman–Crippen LogP) is 2.98. The molecule has 0 aromatic rings. The summed E-state index contributed by atoms with van der Waals surface area (Å²) < 4.78 is 11.1. The lowest BCUT2D eigenvalue weighted by Gasteiger charge is -2.31. The number of ether oxygens (including phenoxy) is 2. The largest absolute Gasteiger partial charge is 0.444 e. The number of carbonyl (C=O) groups excluding carboxylic acids is 1. The molecule has 2 unspecified atom stereocenters. The Hall–Kier alpha value is -0.810. The summed E-state index contributed by atoms with van der Waals surface area (Å²) in [6.07, 6.45) is 7.08. The van der Waals surface area contributed by atoms with Crippen LogP contribution in [0.5, 0.6) is 0 Å².